The molecule has 0 bridgehead atoms. The number of nitriles is 1. The summed E-state index contributed by atoms with van der Waals surface area (Å²) >= 11 is 0. The van der Waals surface area contributed by atoms with E-state index < -0.39 is 5.60 Å². The SMILES string of the molecule is CC(C)(O)[C@@H]1CN(c2cccc(C#N)c2-c2cc3ncccn3n2)CCN1. The molecule has 0 aliphatic carbocycles. The number of anilines is 1. The van der Waals surface area contributed by atoms with Crippen molar-refractivity contribution in [1.29, 1.82) is 5.26 Å². The molecule has 0 unspecified atom stereocenters. The predicted molar refractivity (Wildman–Crippen MR) is 103 cm³/mol. The maximum atomic E-state index is 10.4. The molecular weight excluding hydrogens is 340 g/mol. The first-order valence-electron chi connectivity index (χ1n) is 9.02. The van der Waals surface area contributed by atoms with Gasteiger partial charge in [-0.2, -0.15) is 10.4 Å². The smallest absolute Gasteiger partial charge is 0.155 e. The van der Waals surface area contributed by atoms with Crippen molar-refractivity contribution in [3.8, 4) is 17.3 Å². The Morgan fingerprint density at radius 3 is 2.93 bits per heavy atom. The zero-order chi connectivity index (χ0) is 19.0. The maximum Gasteiger partial charge on any atom is 0.155 e. The molecule has 0 spiro atoms. The summed E-state index contributed by atoms with van der Waals surface area (Å²) in [5, 5.41) is 28.1. The normalized spacial score (nSPS) is 17.9. The number of piperazine rings is 1. The lowest BCUT2D eigenvalue weighted by atomic mass is 9.95. The average molecular weight is 362 g/mol. The van der Waals surface area contributed by atoms with E-state index in [0.29, 0.717) is 12.1 Å². The van der Waals surface area contributed by atoms with Crippen molar-refractivity contribution in [3.05, 3.63) is 48.3 Å². The molecule has 1 aliphatic rings. The van der Waals surface area contributed by atoms with Gasteiger partial charge in [-0.25, -0.2) is 9.50 Å². The molecule has 1 aromatic carbocycles. The van der Waals surface area contributed by atoms with E-state index in [-0.39, 0.29) is 6.04 Å². The summed E-state index contributed by atoms with van der Waals surface area (Å²) < 4.78 is 1.71. The van der Waals surface area contributed by atoms with Gasteiger partial charge in [0.05, 0.1) is 29.0 Å². The van der Waals surface area contributed by atoms with Crippen molar-refractivity contribution in [1.82, 2.24) is 19.9 Å². The van der Waals surface area contributed by atoms with Crippen LogP contribution in [0.15, 0.2) is 42.7 Å². The van der Waals surface area contributed by atoms with Crippen LogP contribution in [0.4, 0.5) is 5.69 Å². The third-order valence-corrected chi connectivity index (χ3v) is 5.02. The highest BCUT2D eigenvalue weighted by atomic mass is 16.3. The summed E-state index contributed by atoms with van der Waals surface area (Å²) in [6.07, 6.45) is 3.57. The third kappa shape index (κ3) is 3.25. The van der Waals surface area contributed by atoms with Crippen LogP contribution >= 0.6 is 0 Å². The number of nitrogens with one attached hydrogen (secondary N) is 1. The highest BCUT2D eigenvalue weighted by Crippen LogP contribution is 2.34. The highest BCUT2D eigenvalue weighted by molar-refractivity contribution is 5.83. The lowest BCUT2D eigenvalue weighted by Gasteiger charge is -2.41. The Hall–Kier alpha value is -2.95. The van der Waals surface area contributed by atoms with E-state index in [1.165, 1.54) is 0 Å². The number of aromatic nitrogens is 3. The van der Waals surface area contributed by atoms with Gasteiger partial charge in [0.25, 0.3) is 0 Å². The van der Waals surface area contributed by atoms with Crippen LogP contribution in [0.3, 0.4) is 0 Å². The van der Waals surface area contributed by atoms with Crippen molar-refractivity contribution >= 4 is 11.3 Å². The van der Waals surface area contributed by atoms with Gasteiger partial charge in [0.1, 0.15) is 0 Å². The molecule has 0 radical (unpaired) electrons. The first-order chi connectivity index (χ1) is 13.0. The Balaban J connectivity index is 1.81. The van der Waals surface area contributed by atoms with E-state index in [2.05, 4.69) is 26.4 Å². The van der Waals surface area contributed by atoms with Gasteiger partial charge in [0, 0.05) is 49.3 Å². The number of nitrogens with zero attached hydrogens (tertiary/aromatic N) is 5. The molecule has 3 aromatic rings. The minimum absolute atomic E-state index is 0.0624. The van der Waals surface area contributed by atoms with Crippen LogP contribution in [0.2, 0.25) is 0 Å². The average Bonchev–Trinajstić information content (AvgIpc) is 3.10. The van der Waals surface area contributed by atoms with E-state index in [0.717, 1.165) is 35.7 Å². The molecule has 1 fully saturated rings. The van der Waals surface area contributed by atoms with E-state index in [9.17, 15) is 10.4 Å². The van der Waals surface area contributed by atoms with Crippen LogP contribution in [0.5, 0.6) is 0 Å². The first-order valence-corrected chi connectivity index (χ1v) is 9.02. The van der Waals surface area contributed by atoms with Crippen LogP contribution in [-0.4, -0.2) is 51.0 Å². The number of benzene rings is 1. The highest BCUT2D eigenvalue weighted by Gasteiger charge is 2.32. The zero-order valence-corrected chi connectivity index (χ0v) is 15.4. The molecule has 0 amide bonds. The minimum Gasteiger partial charge on any atom is -0.389 e. The molecule has 3 heterocycles. The van der Waals surface area contributed by atoms with Gasteiger partial charge in [-0.1, -0.05) is 6.07 Å². The van der Waals surface area contributed by atoms with E-state index in [4.69, 9.17) is 0 Å². The summed E-state index contributed by atoms with van der Waals surface area (Å²) in [7, 11) is 0. The lowest BCUT2D eigenvalue weighted by Crippen LogP contribution is -2.59. The summed E-state index contributed by atoms with van der Waals surface area (Å²) in [5.74, 6) is 0. The molecule has 1 atom stereocenters. The van der Waals surface area contributed by atoms with Gasteiger partial charge < -0.3 is 15.3 Å². The summed E-state index contributed by atoms with van der Waals surface area (Å²) in [5.41, 5.74) is 2.96. The second kappa shape index (κ2) is 6.65. The predicted octanol–water partition coefficient (Wildman–Crippen LogP) is 1.82. The second-order valence-corrected chi connectivity index (χ2v) is 7.37. The Kier molecular flexibility index (Phi) is 4.30. The molecule has 1 saturated heterocycles. The fraction of sp³-hybridized carbons (Fsp3) is 0.350. The second-order valence-electron chi connectivity index (χ2n) is 7.37. The number of hydrogen-bond acceptors (Lipinski definition) is 6. The number of fused-ring (bicyclic) bond motifs is 1. The molecule has 27 heavy (non-hydrogen) atoms. The summed E-state index contributed by atoms with van der Waals surface area (Å²) in [4.78, 5) is 6.55. The fourth-order valence-electron chi connectivity index (χ4n) is 3.56. The maximum absolute atomic E-state index is 10.4. The molecular formula is C20H22N6O. The van der Waals surface area contributed by atoms with Gasteiger partial charge in [0.2, 0.25) is 0 Å². The summed E-state index contributed by atoms with van der Waals surface area (Å²) in [6.45, 7) is 5.83. The quantitative estimate of drug-likeness (QED) is 0.739. The third-order valence-electron chi connectivity index (χ3n) is 5.02. The zero-order valence-electron chi connectivity index (χ0n) is 15.4. The molecule has 4 rings (SSSR count). The van der Waals surface area contributed by atoms with Crippen molar-refractivity contribution < 1.29 is 5.11 Å². The Morgan fingerprint density at radius 2 is 2.19 bits per heavy atom. The largest absolute Gasteiger partial charge is 0.389 e. The first kappa shape index (κ1) is 17.5. The van der Waals surface area contributed by atoms with E-state index in [1.807, 2.05) is 50.4 Å². The van der Waals surface area contributed by atoms with Gasteiger partial charge in [-0.3, -0.25) is 0 Å². The van der Waals surface area contributed by atoms with Crippen LogP contribution in [-0.2, 0) is 0 Å². The molecule has 2 aromatic heterocycles. The minimum atomic E-state index is -0.835. The Labute approximate surface area is 157 Å². The summed E-state index contributed by atoms with van der Waals surface area (Å²) in [6, 6.07) is 11.7. The number of aliphatic hydroxyl groups is 1. The van der Waals surface area contributed by atoms with Gasteiger partial charge in [0.15, 0.2) is 5.65 Å². The van der Waals surface area contributed by atoms with Gasteiger partial charge in [-0.15, -0.1) is 0 Å². The molecule has 7 heteroatoms. The van der Waals surface area contributed by atoms with Crippen LogP contribution < -0.4 is 10.2 Å². The molecule has 7 nitrogen and oxygen atoms in total. The number of rotatable bonds is 3. The molecule has 0 saturated carbocycles. The van der Waals surface area contributed by atoms with Crippen molar-refractivity contribution in [2.24, 2.45) is 0 Å². The van der Waals surface area contributed by atoms with Crippen LogP contribution in [0, 0.1) is 11.3 Å². The van der Waals surface area contributed by atoms with E-state index in [1.54, 1.807) is 10.7 Å². The molecule has 138 valence electrons. The van der Waals surface area contributed by atoms with Crippen molar-refractivity contribution in [2.75, 3.05) is 24.5 Å². The Bertz CT molecular complexity index is 980. The van der Waals surface area contributed by atoms with Gasteiger partial charge >= 0.3 is 0 Å². The monoisotopic (exact) mass is 362 g/mol. The van der Waals surface area contributed by atoms with Crippen molar-refractivity contribution in [3.63, 3.8) is 0 Å². The number of hydrogen-bond donors (Lipinski definition) is 2. The molecule has 2 N–H and O–H groups in total. The molecule has 1 aliphatic heterocycles. The van der Waals surface area contributed by atoms with Crippen LogP contribution in [0.25, 0.3) is 16.9 Å². The Morgan fingerprint density at radius 1 is 1.33 bits per heavy atom. The topological polar surface area (TPSA) is 89.5 Å². The van der Waals surface area contributed by atoms with Crippen molar-refractivity contribution in [2.45, 2.75) is 25.5 Å². The van der Waals surface area contributed by atoms with E-state index >= 15 is 0 Å². The van der Waals surface area contributed by atoms with Gasteiger partial charge in [-0.05, 0) is 32.0 Å². The lowest BCUT2D eigenvalue weighted by molar-refractivity contribution is 0.0364. The fourth-order valence-corrected chi connectivity index (χ4v) is 3.56. The standard InChI is InChI=1S/C20H22N6O/c1-20(2,27)17-13-25(10-8-22-17)16-6-3-5-14(12-21)19(16)15-11-18-23-7-4-9-26(18)24-15/h3-7,9,11,17,22,27H,8,10,13H2,1-2H3/t17-/m0/s1. The van der Waals surface area contributed by atoms with Crippen LogP contribution in [0.1, 0.15) is 19.4 Å².